The average Bonchev–Trinajstić information content (AvgIpc) is 3.10. The molecule has 4 aromatic rings. The molecule has 0 heterocycles. The van der Waals surface area contributed by atoms with Gasteiger partial charge in [0.2, 0.25) is 0 Å². The Labute approximate surface area is 329 Å². The third kappa shape index (κ3) is 17.8. The summed E-state index contributed by atoms with van der Waals surface area (Å²) in [6, 6.07) is 18.7. The molecule has 0 fully saturated rings. The number of ether oxygens (including phenoxy) is 4. The van der Waals surface area contributed by atoms with E-state index < -0.39 is 0 Å². The van der Waals surface area contributed by atoms with Crippen LogP contribution in [0.4, 0.5) is 0 Å². The van der Waals surface area contributed by atoms with Crippen molar-refractivity contribution in [3.63, 3.8) is 0 Å². The Balaban J connectivity index is -0.000000862. The predicted molar refractivity (Wildman–Crippen MR) is 190 cm³/mol. The normalized spacial score (nSPS) is 10.2. The zero-order chi connectivity index (χ0) is 34.7. The summed E-state index contributed by atoms with van der Waals surface area (Å²) in [5.74, 6) is 1.96. The van der Waals surface area contributed by atoms with Crippen LogP contribution in [0.25, 0.3) is 0 Å². The fourth-order valence-electron chi connectivity index (χ4n) is 3.90. The van der Waals surface area contributed by atoms with Crippen molar-refractivity contribution in [1.82, 2.24) is 0 Å². The van der Waals surface area contributed by atoms with Gasteiger partial charge in [-0.15, -0.1) is 0 Å². The van der Waals surface area contributed by atoms with E-state index in [9.17, 15) is 20.4 Å². The second-order valence-electron chi connectivity index (χ2n) is 9.76. The van der Waals surface area contributed by atoms with E-state index in [0.29, 0.717) is 71.4 Å². The molecule has 6 N–H and O–H groups in total. The van der Waals surface area contributed by atoms with Crippen LogP contribution in [0.1, 0.15) is 22.3 Å². The fraction of sp³-hybridized carbons (Fsp3) is 0.222. The summed E-state index contributed by atoms with van der Waals surface area (Å²) in [6.07, 6.45) is 6.02. The molecular weight excluding hydrogens is 792 g/mol. The maximum Gasteiger partial charge on any atom is 2.00 e. The van der Waals surface area contributed by atoms with Gasteiger partial charge >= 0.3 is 34.1 Å². The summed E-state index contributed by atoms with van der Waals surface area (Å²) in [6.45, 7) is 1.63. The second-order valence-corrected chi connectivity index (χ2v) is 9.76. The van der Waals surface area contributed by atoms with Crippen molar-refractivity contribution in [3.05, 3.63) is 95.1 Å². The zero-order valence-corrected chi connectivity index (χ0v) is 31.1. The van der Waals surface area contributed by atoms with Gasteiger partial charge in [-0.05, 0) is 70.8 Å². The van der Waals surface area contributed by atoms with E-state index >= 15 is 0 Å². The van der Waals surface area contributed by atoms with Crippen LogP contribution in [0.3, 0.4) is 0 Å². The van der Waals surface area contributed by atoms with E-state index in [0.717, 1.165) is 0 Å². The Kier molecular flexibility index (Phi) is 28.1. The van der Waals surface area contributed by atoms with E-state index in [1.807, 2.05) is 0 Å². The van der Waals surface area contributed by atoms with Gasteiger partial charge in [0, 0.05) is 24.9 Å². The average molecular weight is 834 g/mol. The molecule has 15 nitrogen and oxygen atoms in total. The monoisotopic (exact) mass is 832 g/mol. The summed E-state index contributed by atoms with van der Waals surface area (Å²) in [7, 11) is 6.16. The van der Waals surface area contributed by atoms with Gasteiger partial charge in [-0.25, -0.2) is 0 Å². The maximum absolute atomic E-state index is 11.7. The molecule has 0 amide bonds. The van der Waals surface area contributed by atoms with Gasteiger partial charge in [0.05, 0.1) is 54.6 Å². The van der Waals surface area contributed by atoms with Crippen molar-refractivity contribution in [2.45, 2.75) is 0 Å². The Morgan fingerprint density at radius 2 is 0.585 bits per heavy atom. The molecule has 0 spiro atoms. The summed E-state index contributed by atoms with van der Waals surface area (Å²) in [5, 5.41) is 46.7. The Morgan fingerprint density at radius 3 is 0.755 bits per heavy atom. The first-order valence-corrected chi connectivity index (χ1v) is 14.7. The Morgan fingerprint density at radius 1 is 0.396 bits per heavy atom. The summed E-state index contributed by atoms with van der Waals surface area (Å²) in [5.41, 5.74) is 1.86. The van der Waals surface area contributed by atoms with Gasteiger partial charge in [-0.2, -0.15) is 0 Å². The summed E-state index contributed by atoms with van der Waals surface area (Å²) in [4.78, 5) is 16.7. The minimum Gasteiger partial charge on any atom is -0.872 e. The molecule has 2 radical (unpaired) electrons. The summed E-state index contributed by atoms with van der Waals surface area (Å²) < 4.78 is 20.3. The topological polar surface area (TPSA) is 273 Å². The predicted octanol–water partition coefficient (Wildman–Crippen LogP) is 0.299. The molecule has 0 saturated carbocycles. The van der Waals surface area contributed by atoms with Crippen LogP contribution in [0, 0.1) is 0 Å². The quantitative estimate of drug-likeness (QED) is 0.0966. The van der Waals surface area contributed by atoms with Crippen molar-refractivity contribution in [2.75, 3.05) is 54.6 Å². The van der Waals surface area contributed by atoms with Gasteiger partial charge in [0.1, 0.15) is 23.0 Å². The third-order valence-corrected chi connectivity index (χ3v) is 6.51. The molecule has 0 unspecified atom stereocenters. The van der Waals surface area contributed by atoms with Gasteiger partial charge in [-0.1, -0.05) is 47.3 Å². The van der Waals surface area contributed by atoms with E-state index in [1.165, 1.54) is 77.6 Å². The molecule has 0 aliphatic carbocycles. The van der Waals surface area contributed by atoms with E-state index in [1.54, 1.807) is 48.5 Å². The Hall–Kier alpha value is -5.12. The number of hydrogen-bond acceptors (Lipinski definition) is 12. The van der Waals surface area contributed by atoms with Crippen LogP contribution in [0.5, 0.6) is 46.0 Å². The molecule has 4 aromatic carbocycles. The van der Waals surface area contributed by atoms with E-state index in [-0.39, 0.29) is 73.6 Å². The van der Waals surface area contributed by atoms with Gasteiger partial charge < -0.3 is 55.8 Å². The molecule has 0 aromatic heterocycles. The summed E-state index contributed by atoms with van der Waals surface area (Å²) >= 11 is 0. The minimum atomic E-state index is -0.115. The molecule has 17 heteroatoms. The zero-order valence-electron chi connectivity index (χ0n) is 29.2. The number of aliphatic imine (C=N–C) groups is 4. The molecule has 0 bridgehead atoms. The minimum absolute atomic E-state index is 0. The number of nitrogens with zero attached hydrogens (tertiary/aromatic N) is 4. The second kappa shape index (κ2) is 28.5. The third-order valence-electron chi connectivity index (χ3n) is 6.51. The Bertz CT molecular complexity index is 1500. The van der Waals surface area contributed by atoms with Crippen molar-refractivity contribution in [1.29, 1.82) is 0 Å². The molecule has 294 valence electrons. The van der Waals surface area contributed by atoms with Crippen LogP contribution < -0.4 is 39.4 Å². The molecular formula is C36H42Cu2N4O11. The van der Waals surface area contributed by atoms with Gasteiger partial charge in [0.15, 0.2) is 0 Å². The number of rotatable bonds is 14. The van der Waals surface area contributed by atoms with Crippen molar-refractivity contribution >= 4 is 24.9 Å². The molecule has 4 rings (SSSR count). The molecule has 0 atom stereocenters. The molecule has 53 heavy (non-hydrogen) atoms. The van der Waals surface area contributed by atoms with Gasteiger partial charge in [-0.3, -0.25) is 20.0 Å². The first-order valence-electron chi connectivity index (χ1n) is 14.7. The number of hydrogen-bond donors (Lipinski definition) is 0. The van der Waals surface area contributed by atoms with Crippen LogP contribution >= 0.6 is 0 Å². The van der Waals surface area contributed by atoms with Crippen LogP contribution in [0.2, 0.25) is 0 Å². The van der Waals surface area contributed by atoms with Crippen LogP contribution in [0.15, 0.2) is 92.8 Å². The first-order chi connectivity index (χ1) is 23.3. The van der Waals surface area contributed by atoms with Crippen molar-refractivity contribution in [3.8, 4) is 46.0 Å². The SMILES string of the molecule is COc1ccc([O-])c(C=NCCN=Cc2cc(OC)ccc2[O-])c1.COc1ccc([O-])c(C=NCCN=Cc2cc(OC)ccc2[O-])c1.O.O.O.[Cu+2].[Cu+2]. The number of benzene rings is 4. The van der Waals surface area contributed by atoms with Crippen molar-refractivity contribution in [2.24, 2.45) is 20.0 Å². The van der Waals surface area contributed by atoms with Crippen LogP contribution in [-0.4, -0.2) is 95.9 Å². The van der Waals surface area contributed by atoms with Crippen molar-refractivity contribution < 1.29 is 89.9 Å². The molecule has 0 aliphatic heterocycles. The van der Waals surface area contributed by atoms with Gasteiger partial charge in [0.25, 0.3) is 0 Å². The fourth-order valence-corrected chi connectivity index (χ4v) is 3.90. The molecule has 0 saturated heterocycles. The van der Waals surface area contributed by atoms with Crippen LogP contribution in [-0.2, 0) is 34.1 Å². The van der Waals surface area contributed by atoms with E-state index in [4.69, 9.17) is 18.9 Å². The number of methoxy groups -OCH3 is 4. The standard InChI is InChI=1S/2C18H20N2O4.2Cu.3H2O/c2*1-23-15-3-5-17(21)13(9-15)11-19-7-8-20-12-14-10-16(24-2)4-6-18(14)22;;;;;/h2*3-6,9-12,21-22H,7-8H2,1-2H3;;;3*1H2/q;;2*+2;;;/p-4. The largest absolute Gasteiger partial charge is 2.00 e. The van der Waals surface area contributed by atoms with E-state index in [2.05, 4.69) is 20.0 Å². The smallest absolute Gasteiger partial charge is 0.872 e. The maximum atomic E-state index is 11.7. The first kappa shape index (κ1) is 52.2. The molecule has 0 aliphatic rings.